The van der Waals surface area contributed by atoms with E-state index in [2.05, 4.69) is 0 Å². The fourth-order valence-corrected chi connectivity index (χ4v) is 3.09. The number of nitrogens with two attached hydrogens (primary N) is 1. The Labute approximate surface area is 103 Å². The standard InChI is InChI=1S/C12H19NO3S/c1-3-7-17(14,15)9-10-8-11(13)5-6-12(10)16-4-2/h5-6,8H,3-4,7,9,13H2,1-2H3. The molecule has 96 valence electrons. The molecule has 0 spiro atoms. The predicted molar refractivity (Wildman–Crippen MR) is 69.8 cm³/mol. The van der Waals surface area contributed by atoms with Gasteiger partial charge in [0, 0.05) is 11.3 Å². The molecule has 0 radical (unpaired) electrons. The molecule has 0 heterocycles. The minimum Gasteiger partial charge on any atom is -0.494 e. The van der Waals surface area contributed by atoms with Gasteiger partial charge in [0.05, 0.1) is 18.1 Å². The van der Waals surface area contributed by atoms with E-state index < -0.39 is 9.84 Å². The molecule has 1 rings (SSSR count). The summed E-state index contributed by atoms with van der Waals surface area (Å²) in [5, 5.41) is 0. The van der Waals surface area contributed by atoms with Crippen LogP contribution in [0.25, 0.3) is 0 Å². The summed E-state index contributed by atoms with van der Waals surface area (Å²) in [6, 6.07) is 5.09. The van der Waals surface area contributed by atoms with Gasteiger partial charge < -0.3 is 10.5 Å². The predicted octanol–water partition coefficient (Wildman–Crippen LogP) is 1.99. The lowest BCUT2D eigenvalue weighted by atomic mass is 10.2. The number of hydrogen-bond donors (Lipinski definition) is 1. The lowest BCUT2D eigenvalue weighted by molar-refractivity contribution is 0.337. The molecule has 1 aromatic carbocycles. The highest BCUT2D eigenvalue weighted by Gasteiger charge is 2.14. The van der Waals surface area contributed by atoms with Crippen molar-refractivity contribution in [2.75, 3.05) is 18.1 Å². The van der Waals surface area contributed by atoms with Crippen LogP contribution in [0.5, 0.6) is 5.75 Å². The molecule has 0 aliphatic heterocycles. The van der Waals surface area contributed by atoms with E-state index in [1.807, 2.05) is 13.8 Å². The summed E-state index contributed by atoms with van der Waals surface area (Å²) in [6.07, 6.45) is 0.620. The zero-order chi connectivity index (χ0) is 12.9. The van der Waals surface area contributed by atoms with Crippen molar-refractivity contribution in [1.82, 2.24) is 0 Å². The number of anilines is 1. The summed E-state index contributed by atoms with van der Waals surface area (Å²) in [5.41, 5.74) is 6.86. The largest absolute Gasteiger partial charge is 0.494 e. The van der Waals surface area contributed by atoms with Gasteiger partial charge in [-0.05, 0) is 31.5 Å². The van der Waals surface area contributed by atoms with Gasteiger partial charge in [0.2, 0.25) is 0 Å². The highest BCUT2D eigenvalue weighted by atomic mass is 32.2. The molecule has 0 aliphatic carbocycles. The Morgan fingerprint density at radius 2 is 2.00 bits per heavy atom. The Morgan fingerprint density at radius 3 is 2.59 bits per heavy atom. The number of hydrogen-bond acceptors (Lipinski definition) is 4. The monoisotopic (exact) mass is 257 g/mol. The maximum Gasteiger partial charge on any atom is 0.154 e. The maximum atomic E-state index is 11.8. The molecule has 4 nitrogen and oxygen atoms in total. The molecule has 0 aromatic heterocycles. The first-order valence-corrected chi connectivity index (χ1v) is 7.52. The molecule has 0 atom stereocenters. The average Bonchev–Trinajstić information content (AvgIpc) is 2.21. The fraction of sp³-hybridized carbons (Fsp3) is 0.500. The molecule has 2 N–H and O–H groups in total. The van der Waals surface area contributed by atoms with Crippen molar-refractivity contribution in [3.8, 4) is 5.75 Å². The van der Waals surface area contributed by atoms with Crippen LogP contribution < -0.4 is 10.5 Å². The Balaban J connectivity index is 2.99. The normalized spacial score (nSPS) is 11.4. The quantitative estimate of drug-likeness (QED) is 0.791. The Kier molecular flexibility index (Phi) is 4.81. The van der Waals surface area contributed by atoms with Crippen LogP contribution in [0, 0.1) is 0 Å². The third kappa shape index (κ3) is 4.26. The molecule has 0 bridgehead atoms. The summed E-state index contributed by atoms with van der Waals surface area (Å²) in [6.45, 7) is 4.21. The third-order valence-corrected chi connectivity index (χ3v) is 4.06. The molecule has 0 fully saturated rings. The molecule has 5 heteroatoms. The van der Waals surface area contributed by atoms with E-state index in [-0.39, 0.29) is 11.5 Å². The molecular formula is C12H19NO3S. The van der Waals surface area contributed by atoms with Crippen molar-refractivity contribution < 1.29 is 13.2 Å². The summed E-state index contributed by atoms with van der Waals surface area (Å²) in [5.74, 6) is 0.774. The highest BCUT2D eigenvalue weighted by molar-refractivity contribution is 7.90. The summed E-state index contributed by atoms with van der Waals surface area (Å²) in [7, 11) is -3.08. The van der Waals surface area contributed by atoms with Crippen LogP contribution in [-0.2, 0) is 15.6 Å². The van der Waals surface area contributed by atoms with Gasteiger partial charge in [0.15, 0.2) is 9.84 Å². The van der Waals surface area contributed by atoms with Crippen LogP contribution in [-0.4, -0.2) is 20.8 Å². The van der Waals surface area contributed by atoms with Crippen LogP contribution >= 0.6 is 0 Å². The molecular weight excluding hydrogens is 238 g/mol. The molecule has 17 heavy (non-hydrogen) atoms. The Hall–Kier alpha value is -1.23. The van der Waals surface area contributed by atoms with Crippen molar-refractivity contribution >= 4 is 15.5 Å². The minimum absolute atomic E-state index is 0.0127. The van der Waals surface area contributed by atoms with Gasteiger partial charge in [-0.25, -0.2) is 8.42 Å². The first-order chi connectivity index (χ1) is 7.98. The molecule has 0 amide bonds. The van der Waals surface area contributed by atoms with Crippen LogP contribution in [0.1, 0.15) is 25.8 Å². The smallest absolute Gasteiger partial charge is 0.154 e. The molecule has 0 unspecified atom stereocenters. The molecule has 0 saturated heterocycles. The second kappa shape index (κ2) is 5.91. The van der Waals surface area contributed by atoms with E-state index in [1.54, 1.807) is 18.2 Å². The maximum absolute atomic E-state index is 11.8. The topological polar surface area (TPSA) is 69.4 Å². The van der Waals surface area contributed by atoms with Gasteiger partial charge in [-0.15, -0.1) is 0 Å². The Morgan fingerprint density at radius 1 is 1.29 bits per heavy atom. The van der Waals surface area contributed by atoms with Crippen molar-refractivity contribution in [1.29, 1.82) is 0 Å². The van der Waals surface area contributed by atoms with Gasteiger partial charge >= 0.3 is 0 Å². The molecule has 1 aromatic rings. The van der Waals surface area contributed by atoms with E-state index in [1.165, 1.54) is 0 Å². The van der Waals surface area contributed by atoms with E-state index >= 15 is 0 Å². The van der Waals surface area contributed by atoms with Gasteiger partial charge in [-0.1, -0.05) is 6.92 Å². The number of ether oxygens (including phenoxy) is 1. The van der Waals surface area contributed by atoms with Crippen molar-refractivity contribution in [2.24, 2.45) is 0 Å². The zero-order valence-corrected chi connectivity index (χ0v) is 11.1. The molecule has 0 saturated carbocycles. The van der Waals surface area contributed by atoms with E-state index in [4.69, 9.17) is 10.5 Å². The van der Waals surface area contributed by atoms with E-state index in [0.29, 0.717) is 30.0 Å². The number of nitrogen functional groups attached to an aromatic ring is 1. The van der Waals surface area contributed by atoms with E-state index in [0.717, 1.165) is 0 Å². The van der Waals surface area contributed by atoms with Crippen molar-refractivity contribution in [3.63, 3.8) is 0 Å². The lowest BCUT2D eigenvalue weighted by Crippen LogP contribution is -2.10. The minimum atomic E-state index is -3.08. The zero-order valence-electron chi connectivity index (χ0n) is 10.3. The van der Waals surface area contributed by atoms with Gasteiger partial charge in [0.1, 0.15) is 5.75 Å². The van der Waals surface area contributed by atoms with Crippen LogP contribution in [0.15, 0.2) is 18.2 Å². The highest BCUT2D eigenvalue weighted by Crippen LogP contribution is 2.24. The average molecular weight is 257 g/mol. The van der Waals surface area contributed by atoms with Gasteiger partial charge in [-0.2, -0.15) is 0 Å². The van der Waals surface area contributed by atoms with Crippen LogP contribution in [0.4, 0.5) is 5.69 Å². The summed E-state index contributed by atoms with van der Waals surface area (Å²) >= 11 is 0. The number of benzene rings is 1. The number of sulfone groups is 1. The van der Waals surface area contributed by atoms with Gasteiger partial charge in [-0.3, -0.25) is 0 Å². The SMILES string of the molecule is CCCS(=O)(=O)Cc1cc(N)ccc1OCC. The second-order valence-electron chi connectivity index (χ2n) is 3.89. The Bertz CT molecular complexity index is 469. The second-order valence-corrected chi connectivity index (χ2v) is 6.08. The van der Waals surface area contributed by atoms with Crippen LogP contribution in [0.3, 0.4) is 0 Å². The first-order valence-electron chi connectivity index (χ1n) is 5.70. The number of rotatable bonds is 6. The summed E-state index contributed by atoms with van der Waals surface area (Å²) in [4.78, 5) is 0. The molecule has 0 aliphatic rings. The first kappa shape index (κ1) is 13.8. The van der Waals surface area contributed by atoms with Gasteiger partial charge in [0.25, 0.3) is 0 Å². The van der Waals surface area contributed by atoms with E-state index in [9.17, 15) is 8.42 Å². The van der Waals surface area contributed by atoms with Crippen LogP contribution in [0.2, 0.25) is 0 Å². The van der Waals surface area contributed by atoms with Crippen molar-refractivity contribution in [3.05, 3.63) is 23.8 Å². The third-order valence-electron chi connectivity index (χ3n) is 2.27. The fourth-order valence-electron chi connectivity index (χ4n) is 1.63. The lowest BCUT2D eigenvalue weighted by Gasteiger charge is -2.11. The van der Waals surface area contributed by atoms with Crippen molar-refractivity contribution in [2.45, 2.75) is 26.0 Å². The summed E-state index contributed by atoms with van der Waals surface area (Å²) < 4.78 is 28.9.